The van der Waals surface area contributed by atoms with E-state index < -0.39 is 20.5 Å². The van der Waals surface area contributed by atoms with E-state index in [4.69, 9.17) is 14.7 Å². The van der Waals surface area contributed by atoms with E-state index in [1.807, 2.05) is 18.2 Å². The molecule has 1 aliphatic rings. The molecule has 0 bridgehead atoms. The van der Waals surface area contributed by atoms with E-state index in [1.54, 1.807) is 24.3 Å². The van der Waals surface area contributed by atoms with E-state index in [9.17, 15) is 17.6 Å². The Kier molecular flexibility index (Phi) is 8.03. The Balaban J connectivity index is 0.00000380. The van der Waals surface area contributed by atoms with Crippen molar-refractivity contribution in [3.63, 3.8) is 0 Å². The first-order chi connectivity index (χ1) is 17.4. The van der Waals surface area contributed by atoms with Crippen LogP contribution < -0.4 is 10.2 Å². The molecule has 1 heterocycles. The van der Waals surface area contributed by atoms with Crippen molar-refractivity contribution < 1.29 is 33.7 Å². The van der Waals surface area contributed by atoms with Gasteiger partial charge in [-0.1, -0.05) is 36.4 Å². The third-order valence-corrected chi connectivity index (χ3v) is 8.96. The van der Waals surface area contributed by atoms with E-state index in [1.165, 1.54) is 29.7 Å². The van der Waals surface area contributed by atoms with Gasteiger partial charge in [0.25, 0.3) is 5.91 Å². The molecule has 4 rings (SSSR count). The van der Waals surface area contributed by atoms with E-state index in [2.05, 4.69) is 6.07 Å². The molecule has 0 spiro atoms. The molecule has 0 unspecified atom stereocenters. The van der Waals surface area contributed by atoms with Gasteiger partial charge in [0, 0.05) is 14.6 Å². The highest BCUT2D eigenvalue weighted by atomic mass is 32.2. The topological polar surface area (TPSA) is 102 Å². The summed E-state index contributed by atoms with van der Waals surface area (Å²) in [4.78, 5) is 12.3. The summed E-state index contributed by atoms with van der Waals surface area (Å²) in [5.41, 5.74) is 4.61. The third kappa shape index (κ3) is 5.43. The summed E-state index contributed by atoms with van der Waals surface area (Å²) in [7, 11) is -4.07. The number of hydrogen-bond acceptors (Lipinski definition) is 6. The lowest BCUT2D eigenvalue weighted by molar-refractivity contribution is -0.134. The van der Waals surface area contributed by atoms with Crippen molar-refractivity contribution >= 4 is 15.7 Å². The smallest absolute Gasteiger partial charge is 0.265 e. The molecular weight excluding hydrogens is 485 g/mol. The molecule has 7 nitrogen and oxygen atoms in total. The maximum absolute atomic E-state index is 13.3. The second-order valence-electron chi connectivity index (χ2n) is 8.68. The predicted octanol–water partition coefficient (Wildman–Crippen LogP) is 4.58. The van der Waals surface area contributed by atoms with Crippen molar-refractivity contribution in [1.82, 2.24) is 5.48 Å². The lowest BCUT2D eigenvalue weighted by atomic mass is 9.98. The molecule has 0 saturated carbocycles. The van der Waals surface area contributed by atoms with Crippen LogP contribution >= 0.6 is 0 Å². The number of carbonyl (C=O) groups is 1. The highest BCUT2D eigenvalue weighted by molar-refractivity contribution is 7.93. The first-order valence-electron chi connectivity index (χ1n) is 11.7. The number of aryl methyl sites for hydroxylation is 1. The van der Waals surface area contributed by atoms with Gasteiger partial charge in [0.15, 0.2) is 14.6 Å². The molecule has 9 heteroatoms. The summed E-state index contributed by atoms with van der Waals surface area (Å²) in [6, 6.07) is 20.4. The number of sulfone groups is 1. The van der Waals surface area contributed by atoms with Gasteiger partial charge in [-0.3, -0.25) is 10.0 Å². The van der Waals surface area contributed by atoms with E-state index >= 15 is 0 Å². The number of benzene rings is 3. The molecule has 1 aliphatic heterocycles. The minimum absolute atomic E-state index is 0. The largest absolute Gasteiger partial charge is 0.494 e. The van der Waals surface area contributed by atoms with Gasteiger partial charge >= 0.3 is 0 Å². The SMILES string of the molecule is O=C(NO)C1(S(=O)(=O)c2ccc(OCCCc3cccc(-c4ccc(F)cc4)c3)cc2)CCOCC1.[HH]. The average molecular weight is 516 g/mol. The van der Waals surface area contributed by atoms with Crippen molar-refractivity contribution in [2.45, 2.75) is 35.3 Å². The van der Waals surface area contributed by atoms with Crippen LogP contribution in [0.3, 0.4) is 0 Å². The molecule has 3 aromatic carbocycles. The van der Waals surface area contributed by atoms with Crippen LogP contribution in [0.2, 0.25) is 0 Å². The van der Waals surface area contributed by atoms with Crippen LogP contribution in [0.4, 0.5) is 4.39 Å². The summed E-state index contributed by atoms with van der Waals surface area (Å²) in [5, 5.41) is 9.15. The molecule has 1 saturated heterocycles. The minimum Gasteiger partial charge on any atom is -0.494 e. The van der Waals surface area contributed by atoms with Crippen LogP contribution in [0.5, 0.6) is 5.75 Å². The molecule has 1 fully saturated rings. The number of amides is 1. The zero-order chi connectivity index (χ0) is 25.6. The van der Waals surface area contributed by atoms with Crippen molar-refractivity contribution in [1.29, 1.82) is 0 Å². The Hall–Kier alpha value is -3.27. The summed E-state index contributed by atoms with van der Waals surface area (Å²) in [6.07, 6.45) is 1.44. The highest BCUT2D eigenvalue weighted by Crippen LogP contribution is 2.35. The molecule has 0 aromatic heterocycles. The Morgan fingerprint density at radius 2 is 1.72 bits per heavy atom. The lowest BCUT2D eigenvalue weighted by Gasteiger charge is -2.34. The molecule has 1 amide bonds. The number of rotatable bonds is 9. The quantitative estimate of drug-likeness (QED) is 0.246. The van der Waals surface area contributed by atoms with Gasteiger partial charge in [-0.2, -0.15) is 0 Å². The summed E-state index contributed by atoms with van der Waals surface area (Å²) in [5.74, 6) is -0.701. The fraction of sp³-hybridized carbons (Fsp3) is 0.296. The maximum Gasteiger partial charge on any atom is 0.265 e. The number of nitrogens with one attached hydrogen (secondary N) is 1. The lowest BCUT2D eigenvalue weighted by Crippen LogP contribution is -2.54. The van der Waals surface area contributed by atoms with Gasteiger partial charge in [-0.15, -0.1) is 0 Å². The van der Waals surface area contributed by atoms with Crippen molar-refractivity contribution in [2.75, 3.05) is 19.8 Å². The molecule has 36 heavy (non-hydrogen) atoms. The van der Waals surface area contributed by atoms with E-state index in [-0.39, 0.29) is 38.2 Å². The second kappa shape index (κ2) is 11.2. The zero-order valence-electron chi connectivity index (χ0n) is 19.7. The summed E-state index contributed by atoms with van der Waals surface area (Å²) < 4.78 is 49.0. The zero-order valence-corrected chi connectivity index (χ0v) is 20.5. The molecule has 2 N–H and O–H groups in total. The second-order valence-corrected chi connectivity index (χ2v) is 10.9. The Morgan fingerprint density at radius 3 is 2.39 bits per heavy atom. The first-order valence-corrected chi connectivity index (χ1v) is 13.2. The van der Waals surface area contributed by atoms with Crippen LogP contribution in [0, 0.1) is 5.82 Å². The fourth-order valence-corrected chi connectivity index (χ4v) is 6.32. The van der Waals surface area contributed by atoms with Crippen LogP contribution in [-0.2, 0) is 25.8 Å². The van der Waals surface area contributed by atoms with E-state index in [0.29, 0.717) is 12.4 Å². The van der Waals surface area contributed by atoms with Gasteiger partial charge in [-0.25, -0.2) is 18.3 Å². The Bertz CT molecular complexity index is 1290. The predicted molar refractivity (Wildman–Crippen MR) is 134 cm³/mol. The van der Waals surface area contributed by atoms with Gasteiger partial charge in [0.1, 0.15) is 11.6 Å². The number of ether oxygens (including phenoxy) is 2. The first kappa shape index (κ1) is 25.8. The molecule has 0 radical (unpaired) electrons. The minimum atomic E-state index is -4.07. The standard InChI is InChI=1S/C27H28FNO6S.H2/c28-23-8-6-21(7-9-23)22-5-1-3-20(19-22)4-2-16-35-24-10-12-25(13-11-24)36(32,33)27(26(30)29-31)14-17-34-18-15-27;/h1,3,5-13,19,31H,2,4,14-18H2,(H,29,30);1H. The van der Waals surface area contributed by atoms with Gasteiger partial charge < -0.3 is 9.47 Å². The maximum atomic E-state index is 13.3. The molecule has 0 aliphatic carbocycles. The summed E-state index contributed by atoms with van der Waals surface area (Å²) >= 11 is 0. The van der Waals surface area contributed by atoms with Gasteiger partial charge in [0.05, 0.1) is 11.5 Å². The average Bonchev–Trinajstić information content (AvgIpc) is 2.92. The van der Waals surface area contributed by atoms with E-state index in [0.717, 1.165) is 29.5 Å². The van der Waals surface area contributed by atoms with Crippen LogP contribution in [0.15, 0.2) is 77.7 Å². The Labute approximate surface area is 211 Å². The number of hydrogen-bond donors (Lipinski definition) is 2. The van der Waals surface area contributed by atoms with Crippen LogP contribution in [0.25, 0.3) is 11.1 Å². The fourth-order valence-electron chi connectivity index (χ4n) is 4.38. The van der Waals surface area contributed by atoms with Gasteiger partial charge in [-0.05, 0) is 78.8 Å². The van der Waals surface area contributed by atoms with Gasteiger partial charge in [0.2, 0.25) is 0 Å². The molecular formula is C27H30FNO6S. The molecule has 3 aromatic rings. The number of halogens is 1. The van der Waals surface area contributed by atoms with Crippen molar-refractivity contribution in [2.24, 2.45) is 0 Å². The third-order valence-electron chi connectivity index (χ3n) is 6.45. The Morgan fingerprint density at radius 1 is 1.03 bits per heavy atom. The summed E-state index contributed by atoms with van der Waals surface area (Å²) in [6.45, 7) is 0.655. The van der Waals surface area contributed by atoms with Crippen molar-refractivity contribution in [3.8, 4) is 16.9 Å². The number of hydroxylamine groups is 1. The van der Waals surface area contributed by atoms with Crippen LogP contribution in [-0.4, -0.2) is 44.1 Å². The normalized spacial score (nSPS) is 15.3. The van der Waals surface area contributed by atoms with Crippen LogP contribution in [0.1, 0.15) is 26.3 Å². The molecule has 192 valence electrons. The highest BCUT2D eigenvalue weighted by Gasteiger charge is 2.52. The monoisotopic (exact) mass is 515 g/mol. The van der Waals surface area contributed by atoms with Crippen molar-refractivity contribution in [3.05, 3.63) is 84.2 Å². The molecule has 0 atom stereocenters. The number of carbonyl (C=O) groups excluding carboxylic acids is 1.